The second kappa shape index (κ2) is 6.21. The molecule has 102 valence electrons. The summed E-state index contributed by atoms with van der Waals surface area (Å²) in [6, 6.07) is -0.433. The molecule has 1 amide bonds. The van der Waals surface area contributed by atoms with E-state index in [2.05, 4.69) is 5.32 Å². The first kappa shape index (κ1) is 13.4. The molecule has 2 aliphatic rings. The van der Waals surface area contributed by atoms with Gasteiger partial charge in [-0.1, -0.05) is 32.1 Å². The van der Waals surface area contributed by atoms with Crippen LogP contribution in [0.25, 0.3) is 0 Å². The van der Waals surface area contributed by atoms with Gasteiger partial charge in [0.05, 0.1) is 7.11 Å². The average molecular weight is 253 g/mol. The monoisotopic (exact) mass is 253 g/mol. The van der Waals surface area contributed by atoms with Crippen molar-refractivity contribution in [1.29, 1.82) is 0 Å². The predicted octanol–water partition coefficient (Wildman–Crippen LogP) is 2.02. The van der Waals surface area contributed by atoms with Crippen LogP contribution in [0.4, 0.5) is 0 Å². The molecular formula is C14H23NO3. The minimum Gasteiger partial charge on any atom is -0.467 e. The third-order valence-corrected chi connectivity index (χ3v) is 4.04. The Hall–Kier alpha value is -1.06. The van der Waals surface area contributed by atoms with E-state index in [1.807, 2.05) is 0 Å². The van der Waals surface area contributed by atoms with Gasteiger partial charge < -0.3 is 10.1 Å². The van der Waals surface area contributed by atoms with E-state index in [0.717, 1.165) is 32.1 Å². The van der Waals surface area contributed by atoms with Crippen LogP contribution in [-0.2, 0) is 14.3 Å². The van der Waals surface area contributed by atoms with Gasteiger partial charge in [0.15, 0.2) is 0 Å². The van der Waals surface area contributed by atoms with Crippen LogP contribution in [-0.4, -0.2) is 25.0 Å². The SMILES string of the molecule is COC(=O)[C@@H](CC1CC1)NC(=O)C1CCCCC1. The highest BCUT2D eigenvalue weighted by Gasteiger charge is 2.32. The fraction of sp³-hybridized carbons (Fsp3) is 0.857. The Morgan fingerprint density at radius 2 is 1.83 bits per heavy atom. The van der Waals surface area contributed by atoms with Gasteiger partial charge in [0.25, 0.3) is 0 Å². The minimum absolute atomic E-state index is 0.0470. The smallest absolute Gasteiger partial charge is 0.328 e. The number of rotatable bonds is 5. The molecular weight excluding hydrogens is 230 g/mol. The highest BCUT2D eigenvalue weighted by molar-refractivity contribution is 5.85. The number of hydrogen-bond donors (Lipinski definition) is 1. The summed E-state index contributed by atoms with van der Waals surface area (Å²) in [4.78, 5) is 23.8. The van der Waals surface area contributed by atoms with Gasteiger partial charge >= 0.3 is 5.97 Å². The van der Waals surface area contributed by atoms with Gasteiger partial charge in [-0.15, -0.1) is 0 Å². The van der Waals surface area contributed by atoms with Crippen molar-refractivity contribution in [2.75, 3.05) is 7.11 Å². The van der Waals surface area contributed by atoms with Crippen LogP contribution in [0.2, 0.25) is 0 Å². The van der Waals surface area contributed by atoms with E-state index in [9.17, 15) is 9.59 Å². The number of methoxy groups -OCH3 is 1. The normalized spacial score (nSPS) is 22.3. The van der Waals surface area contributed by atoms with E-state index < -0.39 is 6.04 Å². The number of carbonyl (C=O) groups is 2. The first-order valence-electron chi connectivity index (χ1n) is 7.09. The molecule has 0 bridgehead atoms. The zero-order chi connectivity index (χ0) is 13.0. The summed E-state index contributed by atoms with van der Waals surface area (Å²) in [7, 11) is 1.38. The summed E-state index contributed by atoms with van der Waals surface area (Å²) < 4.78 is 4.78. The molecule has 4 nitrogen and oxygen atoms in total. The van der Waals surface area contributed by atoms with Crippen molar-refractivity contribution >= 4 is 11.9 Å². The summed E-state index contributed by atoms with van der Waals surface area (Å²) >= 11 is 0. The summed E-state index contributed by atoms with van der Waals surface area (Å²) in [6.45, 7) is 0. The Morgan fingerprint density at radius 3 is 2.39 bits per heavy atom. The quantitative estimate of drug-likeness (QED) is 0.763. The maximum atomic E-state index is 12.1. The molecule has 2 saturated carbocycles. The van der Waals surface area contributed by atoms with Crippen LogP contribution < -0.4 is 5.32 Å². The van der Waals surface area contributed by atoms with Gasteiger partial charge in [-0.2, -0.15) is 0 Å². The molecule has 0 saturated heterocycles. The summed E-state index contributed by atoms with van der Waals surface area (Å²) in [5.41, 5.74) is 0. The van der Waals surface area contributed by atoms with Crippen LogP contribution in [0, 0.1) is 11.8 Å². The Balaban J connectivity index is 1.85. The molecule has 0 unspecified atom stereocenters. The van der Waals surface area contributed by atoms with Crippen LogP contribution in [0.5, 0.6) is 0 Å². The van der Waals surface area contributed by atoms with E-state index >= 15 is 0 Å². The first-order valence-corrected chi connectivity index (χ1v) is 7.09. The summed E-state index contributed by atoms with van der Waals surface area (Å²) in [5, 5.41) is 2.90. The molecule has 2 rings (SSSR count). The molecule has 0 aromatic carbocycles. The van der Waals surface area contributed by atoms with Gasteiger partial charge in [0, 0.05) is 5.92 Å². The van der Waals surface area contributed by atoms with Gasteiger partial charge in [0.1, 0.15) is 6.04 Å². The Labute approximate surface area is 108 Å². The molecule has 1 N–H and O–H groups in total. The largest absolute Gasteiger partial charge is 0.467 e. The van der Waals surface area contributed by atoms with Crippen LogP contribution in [0.15, 0.2) is 0 Å². The number of amides is 1. The van der Waals surface area contributed by atoms with Gasteiger partial charge in [-0.05, 0) is 25.2 Å². The lowest BCUT2D eigenvalue weighted by atomic mass is 9.88. The van der Waals surface area contributed by atoms with Crippen molar-refractivity contribution < 1.29 is 14.3 Å². The third kappa shape index (κ3) is 3.72. The minimum atomic E-state index is -0.433. The molecule has 0 spiro atoms. The molecule has 2 fully saturated rings. The second-order valence-electron chi connectivity index (χ2n) is 5.60. The van der Waals surface area contributed by atoms with E-state index in [1.54, 1.807) is 0 Å². The third-order valence-electron chi connectivity index (χ3n) is 4.04. The van der Waals surface area contributed by atoms with Crippen LogP contribution >= 0.6 is 0 Å². The second-order valence-corrected chi connectivity index (χ2v) is 5.60. The molecule has 4 heteroatoms. The van der Waals surface area contributed by atoms with Crippen molar-refractivity contribution in [2.45, 2.75) is 57.4 Å². The van der Waals surface area contributed by atoms with Crippen LogP contribution in [0.1, 0.15) is 51.4 Å². The van der Waals surface area contributed by atoms with E-state index in [1.165, 1.54) is 26.4 Å². The van der Waals surface area contributed by atoms with Crippen molar-refractivity contribution in [1.82, 2.24) is 5.32 Å². The summed E-state index contributed by atoms with van der Waals surface area (Å²) in [6.07, 6.45) is 8.50. The van der Waals surface area contributed by atoms with E-state index in [4.69, 9.17) is 4.74 Å². The Morgan fingerprint density at radius 1 is 1.17 bits per heavy atom. The fourth-order valence-electron chi connectivity index (χ4n) is 2.70. The zero-order valence-corrected chi connectivity index (χ0v) is 11.1. The molecule has 2 aliphatic carbocycles. The highest BCUT2D eigenvalue weighted by Crippen LogP contribution is 2.34. The van der Waals surface area contributed by atoms with Crippen molar-refractivity contribution in [3.8, 4) is 0 Å². The average Bonchev–Trinajstić information content (AvgIpc) is 3.22. The first-order chi connectivity index (χ1) is 8.70. The van der Waals surface area contributed by atoms with E-state index in [-0.39, 0.29) is 17.8 Å². The van der Waals surface area contributed by atoms with Crippen molar-refractivity contribution in [3.63, 3.8) is 0 Å². The summed E-state index contributed by atoms with van der Waals surface area (Å²) in [5.74, 6) is 0.447. The maximum absolute atomic E-state index is 12.1. The number of carbonyl (C=O) groups excluding carboxylic acids is 2. The molecule has 0 aliphatic heterocycles. The molecule has 0 radical (unpaired) electrons. The molecule has 0 heterocycles. The fourth-order valence-corrected chi connectivity index (χ4v) is 2.70. The topological polar surface area (TPSA) is 55.4 Å². The molecule has 1 atom stereocenters. The molecule has 0 aromatic heterocycles. The van der Waals surface area contributed by atoms with E-state index in [0.29, 0.717) is 5.92 Å². The Kier molecular flexibility index (Phi) is 4.61. The maximum Gasteiger partial charge on any atom is 0.328 e. The lowest BCUT2D eigenvalue weighted by Gasteiger charge is -2.23. The lowest BCUT2D eigenvalue weighted by Crippen LogP contribution is -2.44. The number of nitrogens with one attached hydrogen (secondary N) is 1. The predicted molar refractivity (Wildman–Crippen MR) is 67.9 cm³/mol. The highest BCUT2D eigenvalue weighted by atomic mass is 16.5. The van der Waals surface area contributed by atoms with Gasteiger partial charge in [-0.3, -0.25) is 4.79 Å². The zero-order valence-electron chi connectivity index (χ0n) is 11.1. The molecule has 18 heavy (non-hydrogen) atoms. The number of ether oxygens (including phenoxy) is 1. The number of hydrogen-bond acceptors (Lipinski definition) is 3. The van der Waals surface area contributed by atoms with Crippen LogP contribution in [0.3, 0.4) is 0 Å². The van der Waals surface area contributed by atoms with Crippen molar-refractivity contribution in [3.05, 3.63) is 0 Å². The standard InChI is InChI=1S/C14H23NO3/c1-18-14(17)12(9-10-7-8-10)15-13(16)11-5-3-2-4-6-11/h10-12H,2-9H2,1H3,(H,15,16)/t12-/m1/s1. The lowest BCUT2D eigenvalue weighted by molar-refractivity contribution is -0.146. The molecule has 0 aromatic rings. The van der Waals surface area contributed by atoms with Gasteiger partial charge in [0.2, 0.25) is 5.91 Å². The van der Waals surface area contributed by atoms with Crippen molar-refractivity contribution in [2.24, 2.45) is 11.8 Å². The number of esters is 1. The van der Waals surface area contributed by atoms with Gasteiger partial charge in [-0.25, -0.2) is 4.79 Å². The Bertz CT molecular complexity index is 306.